The monoisotopic (exact) mass is 244 g/mol. The fourth-order valence-corrected chi connectivity index (χ4v) is 1.13. The number of aliphatic carboxylic acids is 1. The molecule has 0 aliphatic rings. The van der Waals surface area contributed by atoms with Gasteiger partial charge in [0.05, 0.1) is 5.92 Å². The van der Waals surface area contributed by atoms with Crippen molar-refractivity contribution in [3.8, 4) is 0 Å². The summed E-state index contributed by atoms with van der Waals surface area (Å²) >= 11 is 0. The van der Waals surface area contributed by atoms with Gasteiger partial charge in [-0.1, -0.05) is 27.7 Å². The summed E-state index contributed by atoms with van der Waals surface area (Å²) in [6.45, 7) is 8.75. The lowest BCUT2D eigenvalue weighted by molar-refractivity contribution is -0.141. The summed E-state index contributed by atoms with van der Waals surface area (Å²) in [4.78, 5) is 22.2. The van der Waals surface area contributed by atoms with Crippen LogP contribution in [0.1, 0.15) is 40.5 Å². The Labute approximate surface area is 103 Å². The van der Waals surface area contributed by atoms with Crippen LogP contribution < -0.4 is 10.6 Å². The number of nitrogens with one attached hydrogen (secondary N) is 2. The molecule has 3 N–H and O–H groups in total. The van der Waals surface area contributed by atoms with Crippen LogP contribution in [0.25, 0.3) is 0 Å². The van der Waals surface area contributed by atoms with Crippen molar-refractivity contribution < 1.29 is 14.7 Å². The van der Waals surface area contributed by atoms with Crippen molar-refractivity contribution >= 4 is 12.0 Å². The maximum atomic E-state index is 11.4. The summed E-state index contributed by atoms with van der Waals surface area (Å²) in [5.41, 5.74) is 0.0638. The number of hydrogen-bond acceptors (Lipinski definition) is 2. The fraction of sp³-hybridized carbons (Fsp3) is 0.833. The Morgan fingerprint density at radius 3 is 2.24 bits per heavy atom. The quantitative estimate of drug-likeness (QED) is 0.639. The first-order chi connectivity index (χ1) is 7.82. The van der Waals surface area contributed by atoms with Crippen LogP contribution in [-0.2, 0) is 4.79 Å². The minimum absolute atomic E-state index is 0.0638. The Balaban J connectivity index is 3.91. The molecule has 2 amide bonds. The minimum atomic E-state index is -0.873. The van der Waals surface area contributed by atoms with E-state index in [-0.39, 0.29) is 18.0 Å². The highest BCUT2D eigenvalue weighted by Gasteiger charge is 2.18. The fourth-order valence-electron chi connectivity index (χ4n) is 1.13. The van der Waals surface area contributed by atoms with E-state index in [0.29, 0.717) is 13.0 Å². The molecule has 0 aromatic rings. The topological polar surface area (TPSA) is 78.4 Å². The highest BCUT2D eigenvalue weighted by molar-refractivity contribution is 5.75. The van der Waals surface area contributed by atoms with Gasteiger partial charge in [-0.2, -0.15) is 0 Å². The van der Waals surface area contributed by atoms with Gasteiger partial charge in [-0.3, -0.25) is 4.79 Å². The van der Waals surface area contributed by atoms with E-state index in [9.17, 15) is 9.59 Å². The lowest BCUT2D eigenvalue weighted by Crippen LogP contribution is -2.43. The first kappa shape index (κ1) is 15.7. The van der Waals surface area contributed by atoms with Gasteiger partial charge in [-0.05, 0) is 18.3 Å². The van der Waals surface area contributed by atoms with Crippen molar-refractivity contribution in [3.05, 3.63) is 0 Å². The lowest BCUT2D eigenvalue weighted by Gasteiger charge is -2.23. The van der Waals surface area contributed by atoms with Gasteiger partial charge in [0.2, 0.25) is 0 Å². The van der Waals surface area contributed by atoms with Crippen molar-refractivity contribution in [2.24, 2.45) is 11.3 Å². The van der Waals surface area contributed by atoms with Crippen molar-refractivity contribution in [2.75, 3.05) is 13.1 Å². The second-order valence-corrected chi connectivity index (χ2v) is 5.02. The van der Waals surface area contributed by atoms with Gasteiger partial charge in [0.25, 0.3) is 0 Å². The van der Waals surface area contributed by atoms with Gasteiger partial charge in [-0.15, -0.1) is 0 Å². The number of hydrogen-bond donors (Lipinski definition) is 3. The molecule has 17 heavy (non-hydrogen) atoms. The summed E-state index contributed by atoms with van der Waals surface area (Å²) < 4.78 is 0. The van der Waals surface area contributed by atoms with Crippen LogP contribution in [-0.4, -0.2) is 30.2 Å². The van der Waals surface area contributed by atoms with E-state index < -0.39 is 11.9 Å². The van der Waals surface area contributed by atoms with Gasteiger partial charge in [0.1, 0.15) is 0 Å². The van der Waals surface area contributed by atoms with Crippen molar-refractivity contribution in [3.63, 3.8) is 0 Å². The lowest BCUT2D eigenvalue weighted by atomic mass is 9.90. The molecule has 0 aliphatic heterocycles. The molecular weight excluding hydrogens is 220 g/mol. The van der Waals surface area contributed by atoms with Crippen LogP contribution in [0.3, 0.4) is 0 Å². The van der Waals surface area contributed by atoms with Crippen LogP contribution in [0.5, 0.6) is 0 Å². The predicted octanol–water partition coefficient (Wildman–Crippen LogP) is 1.83. The van der Waals surface area contributed by atoms with Crippen LogP contribution in [0.15, 0.2) is 0 Å². The average molecular weight is 244 g/mol. The zero-order valence-electron chi connectivity index (χ0n) is 11.2. The van der Waals surface area contributed by atoms with Crippen molar-refractivity contribution in [1.29, 1.82) is 0 Å². The maximum absolute atomic E-state index is 11.4. The standard InChI is InChI=1S/C12H24N2O3/c1-5-9(10(15)16)7-13-11(17)14-8-12(3,4)6-2/h9H,5-8H2,1-4H3,(H,15,16)(H2,13,14,17). The molecule has 0 saturated heterocycles. The number of carboxylic acid groups (broad SMARTS) is 1. The number of rotatable bonds is 7. The van der Waals surface area contributed by atoms with E-state index in [1.807, 2.05) is 0 Å². The predicted molar refractivity (Wildman–Crippen MR) is 66.9 cm³/mol. The van der Waals surface area contributed by atoms with Crippen LogP contribution >= 0.6 is 0 Å². The molecule has 0 rings (SSSR count). The minimum Gasteiger partial charge on any atom is -0.481 e. The summed E-state index contributed by atoms with van der Waals surface area (Å²) in [6.07, 6.45) is 1.48. The SMILES string of the molecule is CCC(CNC(=O)NCC(C)(C)CC)C(=O)O. The molecule has 0 aromatic heterocycles. The van der Waals surface area contributed by atoms with Gasteiger partial charge in [0, 0.05) is 13.1 Å². The van der Waals surface area contributed by atoms with Gasteiger partial charge >= 0.3 is 12.0 Å². The zero-order valence-corrected chi connectivity index (χ0v) is 11.2. The molecule has 1 unspecified atom stereocenters. The summed E-state index contributed by atoms with van der Waals surface area (Å²) in [5.74, 6) is -1.39. The third-order valence-corrected chi connectivity index (χ3v) is 3.04. The van der Waals surface area contributed by atoms with Crippen molar-refractivity contribution in [1.82, 2.24) is 10.6 Å². The Hall–Kier alpha value is -1.26. The number of carbonyl (C=O) groups is 2. The summed E-state index contributed by atoms with van der Waals surface area (Å²) in [5, 5.41) is 14.1. The molecule has 5 nitrogen and oxygen atoms in total. The highest BCUT2D eigenvalue weighted by atomic mass is 16.4. The number of carbonyl (C=O) groups excluding carboxylic acids is 1. The van der Waals surface area contributed by atoms with Gasteiger partial charge in [-0.25, -0.2) is 4.79 Å². The van der Waals surface area contributed by atoms with Crippen LogP contribution in [0.2, 0.25) is 0 Å². The molecule has 0 radical (unpaired) electrons. The molecule has 5 heteroatoms. The molecule has 0 spiro atoms. The molecule has 0 aromatic carbocycles. The van der Waals surface area contributed by atoms with E-state index in [2.05, 4.69) is 31.4 Å². The smallest absolute Gasteiger partial charge is 0.314 e. The van der Waals surface area contributed by atoms with Gasteiger partial charge in [0.15, 0.2) is 0 Å². The normalized spacial score (nSPS) is 12.9. The van der Waals surface area contributed by atoms with Crippen LogP contribution in [0, 0.1) is 11.3 Å². The van der Waals surface area contributed by atoms with E-state index in [1.165, 1.54) is 0 Å². The zero-order chi connectivity index (χ0) is 13.5. The second-order valence-electron chi connectivity index (χ2n) is 5.02. The molecule has 0 saturated carbocycles. The molecule has 0 aliphatic carbocycles. The number of urea groups is 1. The Morgan fingerprint density at radius 1 is 1.24 bits per heavy atom. The average Bonchev–Trinajstić information content (AvgIpc) is 2.27. The van der Waals surface area contributed by atoms with Crippen molar-refractivity contribution in [2.45, 2.75) is 40.5 Å². The molecular formula is C12H24N2O3. The Bertz CT molecular complexity index is 264. The number of amides is 2. The third-order valence-electron chi connectivity index (χ3n) is 3.04. The summed E-state index contributed by atoms with van der Waals surface area (Å²) in [7, 11) is 0. The van der Waals surface area contributed by atoms with E-state index in [4.69, 9.17) is 5.11 Å². The Kier molecular flexibility index (Phi) is 6.61. The molecule has 0 heterocycles. The second kappa shape index (κ2) is 7.14. The van der Waals surface area contributed by atoms with E-state index in [0.717, 1.165) is 6.42 Å². The summed E-state index contributed by atoms with van der Waals surface area (Å²) in [6, 6.07) is -0.300. The molecule has 0 fully saturated rings. The molecule has 100 valence electrons. The largest absolute Gasteiger partial charge is 0.481 e. The molecule has 1 atom stereocenters. The van der Waals surface area contributed by atoms with E-state index >= 15 is 0 Å². The highest BCUT2D eigenvalue weighted by Crippen LogP contribution is 2.17. The molecule has 0 bridgehead atoms. The third kappa shape index (κ3) is 6.81. The number of carboxylic acids is 1. The van der Waals surface area contributed by atoms with Gasteiger partial charge < -0.3 is 15.7 Å². The van der Waals surface area contributed by atoms with Crippen LogP contribution in [0.4, 0.5) is 4.79 Å². The van der Waals surface area contributed by atoms with E-state index in [1.54, 1.807) is 6.92 Å². The first-order valence-electron chi connectivity index (χ1n) is 6.07. The Morgan fingerprint density at radius 2 is 1.82 bits per heavy atom. The maximum Gasteiger partial charge on any atom is 0.314 e. The first-order valence-corrected chi connectivity index (χ1v) is 6.07.